The summed E-state index contributed by atoms with van der Waals surface area (Å²) in [5.41, 5.74) is 5.76. The summed E-state index contributed by atoms with van der Waals surface area (Å²) in [6.45, 7) is -0.663. The lowest BCUT2D eigenvalue weighted by molar-refractivity contribution is -0.137. The fraction of sp³-hybridized carbons (Fsp3) is 0.417. The number of ether oxygens (including phenoxy) is 2. The van der Waals surface area contributed by atoms with Crippen molar-refractivity contribution >= 4 is 19.5 Å². The second-order valence-electron chi connectivity index (χ2n) is 4.77. The minimum absolute atomic E-state index is 0.00738. The second-order valence-corrected chi connectivity index (χ2v) is 5.96. The summed E-state index contributed by atoms with van der Waals surface area (Å²) in [7, 11) is -4.99. The fourth-order valence-electron chi connectivity index (χ4n) is 2.07. The van der Waals surface area contributed by atoms with Crippen LogP contribution in [0.5, 0.6) is 0 Å². The highest BCUT2D eigenvalue weighted by Gasteiger charge is 2.49. The summed E-state index contributed by atoms with van der Waals surface area (Å²) < 4.78 is 25.4. The van der Waals surface area contributed by atoms with Gasteiger partial charge < -0.3 is 35.2 Å². The number of para-hydroxylation sites is 1. The number of carbonyl (C=O) groups excluding carboxylic acids is 1. The van der Waals surface area contributed by atoms with E-state index in [0.29, 0.717) is 0 Å². The molecule has 1 aromatic carbocycles. The van der Waals surface area contributed by atoms with E-state index < -0.39 is 45.0 Å². The molecule has 0 saturated carbocycles. The lowest BCUT2D eigenvalue weighted by Gasteiger charge is -2.21. The number of aliphatic hydroxyl groups is 2. The van der Waals surface area contributed by atoms with Crippen LogP contribution in [0.1, 0.15) is 10.4 Å². The van der Waals surface area contributed by atoms with E-state index in [1.165, 1.54) is 18.2 Å². The summed E-state index contributed by atoms with van der Waals surface area (Å²) in [5, 5.41) is 18.9. The molecule has 0 bridgehead atoms. The van der Waals surface area contributed by atoms with Gasteiger partial charge in [-0.05, 0) is 12.1 Å². The summed E-state index contributed by atoms with van der Waals surface area (Å²) >= 11 is 0. The van der Waals surface area contributed by atoms with E-state index in [-0.39, 0.29) is 11.3 Å². The summed E-state index contributed by atoms with van der Waals surface area (Å²) in [4.78, 5) is 29.8. The zero-order valence-electron chi connectivity index (χ0n) is 11.7. The molecular formula is C12H16NO9P. The van der Waals surface area contributed by atoms with Gasteiger partial charge in [0.2, 0.25) is 6.29 Å². The van der Waals surface area contributed by atoms with Crippen LogP contribution < -0.4 is 5.73 Å². The van der Waals surface area contributed by atoms with Gasteiger partial charge in [-0.1, -0.05) is 12.1 Å². The molecule has 1 aliphatic rings. The van der Waals surface area contributed by atoms with Gasteiger partial charge in [-0.3, -0.25) is 4.52 Å². The van der Waals surface area contributed by atoms with Gasteiger partial charge in [0.05, 0.1) is 12.2 Å². The standard InChI is InChI=1S/C12H16NO9P/c13-7-4-2-1-3-6(7)11(16)21-12-10(22-23(17,18)19)9(15)8(5-14)20-12/h1-4,8-10,12,14-15H,5,13H2,(H2,17,18,19)/t8-,9-,10-,12?/m1/s1. The molecule has 4 atom stereocenters. The summed E-state index contributed by atoms with van der Waals surface area (Å²) in [6, 6.07) is 5.98. The predicted octanol–water partition coefficient (Wildman–Crippen LogP) is -1.02. The molecule has 1 saturated heterocycles. The van der Waals surface area contributed by atoms with Crippen LogP contribution in [-0.4, -0.2) is 57.2 Å². The first-order chi connectivity index (χ1) is 10.7. The second kappa shape index (κ2) is 6.93. The van der Waals surface area contributed by atoms with Crippen LogP contribution in [-0.2, 0) is 18.6 Å². The van der Waals surface area contributed by atoms with Gasteiger partial charge in [0.1, 0.15) is 12.2 Å². The number of benzene rings is 1. The zero-order chi connectivity index (χ0) is 17.2. The molecule has 1 fully saturated rings. The van der Waals surface area contributed by atoms with Crippen LogP contribution in [0.15, 0.2) is 24.3 Å². The normalized spacial score (nSPS) is 27.8. The summed E-state index contributed by atoms with van der Waals surface area (Å²) in [6.07, 6.45) is -6.11. The maximum atomic E-state index is 12.1. The third kappa shape index (κ3) is 4.27. The van der Waals surface area contributed by atoms with Gasteiger partial charge in [0.25, 0.3) is 0 Å². The SMILES string of the molecule is Nc1ccccc1C(=O)OC1O[C@H](CO)[C@@H](O)[C@H]1OP(=O)(O)O. The molecule has 128 valence electrons. The molecule has 0 aromatic heterocycles. The Labute approximate surface area is 130 Å². The molecule has 0 aliphatic carbocycles. The first-order valence-corrected chi connectivity index (χ1v) is 8.00. The Bertz CT molecular complexity index is 618. The number of esters is 1. The van der Waals surface area contributed by atoms with Crippen molar-refractivity contribution < 1.29 is 43.4 Å². The Balaban J connectivity index is 2.17. The van der Waals surface area contributed by atoms with E-state index in [9.17, 15) is 14.5 Å². The Kier molecular flexibility index (Phi) is 5.37. The monoisotopic (exact) mass is 349 g/mol. The Morgan fingerprint density at radius 3 is 2.57 bits per heavy atom. The molecule has 11 heteroatoms. The van der Waals surface area contributed by atoms with Crippen molar-refractivity contribution in [1.29, 1.82) is 0 Å². The number of carbonyl (C=O) groups is 1. The van der Waals surface area contributed by atoms with E-state index >= 15 is 0 Å². The fourth-order valence-corrected chi connectivity index (χ4v) is 2.61. The number of nitrogen functional groups attached to an aromatic ring is 1. The van der Waals surface area contributed by atoms with Gasteiger partial charge in [-0.2, -0.15) is 0 Å². The average molecular weight is 349 g/mol. The zero-order valence-corrected chi connectivity index (χ0v) is 12.6. The molecule has 2 rings (SSSR count). The van der Waals surface area contributed by atoms with Crippen molar-refractivity contribution in [3.63, 3.8) is 0 Å². The van der Waals surface area contributed by atoms with Crippen molar-refractivity contribution in [2.75, 3.05) is 12.3 Å². The Hall–Kier alpha value is -1.52. The van der Waals surface area contributed by atoms with Crippen LogP contribution in [0.25, 0.3) is 0 Å². The highest BCUT2D eigenvalue weighted by molar-refractivity contribution is 7.46. The largest absolute Gasteiger partial charge is 0.470 e. The minimum atomic E-state index is -4.99. The average Bonchev–Trinajstić information content (AvgIpc) is 2.74. The Morgan fingerprint density at radius 1 is 1.35 bits per heavy atom. The van der Waals surface area contributed by atoms with E-state index in [0.717, 1.165) is 0 Å². The number of hydrogen-bond acceptors (Lipinski definition) is 8. The topological polar surface area (TPSA) is 169 Å². The third-order valence-electron chi connectivity index (χ3n) is 3.14. The number of aliphatic hydroxyl groups excluding tert-OH is 2. The number of hydrogen-bond donors (Lipinski definition) is 5. The highest BCUT2D eigenvalue weighted by atomic mass is 31.2. The molecule has 0 spiro atoms. The molecule has 0 amide bonds. The van der Waals surface area contributed by atoms with Crippen LogP contribution in [0, 0.1) is 0 Å². The summed E-state index contributed by atoms with van der Waals surface area (Å²) in [5.74, 6) is -0.932. The number of phosphoric acid groups is 1. The van der Waals surface area contributed by atoms with Gasteiger partial charge in [0.15, 0.2) is 6.10 Å². The van der Waals surface area contributed by atoms with Gasteiger partial charge >= 0.3 is 13.8 Å². The number of anilines is 1. The molecular weight excluding hydrogens is 333 g/mol. The lowest BCUT2D eigenvalue weighted by atomic mass is 10.1. The van der Waals surface area contributed by atoms with Crippen LogP contribution in [0.2, 0.25) is 0 Å². The van der Waals surface area contributed by atoms with Crippen LogP contribution >= 0.6 is 7.82 Å². The van der Waals surface area contributed by atoms with Crippen molar-refractivity contribution in [3.8, 4) is 0 Å². The Morgan fingerprint density at radius 2 is 2.00 bits per heavy atom. The quantitative estimate of drug-likeness (QED) is 0.252. The van der Waals surface area contributed by atoms with E-state index in [2.05, 4.69) is 4.52 Å². The van der Waals surface area contributed by atoms with Crippen molar-refractivity contribution in [1.82, 2.24) is 0 Å². The predicted molar refractivity (Wildman–Crippen MR) is 74.9 cm³/mol. The number of phosphoric ester groups is 1. The van der Waals surface area contributed by atoms with E-state index in [1.807, 2.05) is 0 Å². The maximum Gasteiger partial charge on any atom is 0.470 e. The molecule has 1 heterocycles. The van der Waals surface area contributed by atoms with Crippen molar-refractivity contribution in [3.05, 3.63) is 29.8 Å². The van der Waals surface area contributed by atoms with Crippen molar-refractivity contribution in [2.24, 2.45) is 0 Å². The van der Waals surface area contributed by atoms with Crippen LogP contribution in [0.3, 0.4) is 0 Å². The molecule has 1 aromatic rings. The van der Waals surface area contributed by atoms with Crippen molar-refractivity contribution in [2.45, 2.75) is 24.6 Å². The minimum Gasteiger partial charge on any atom is -0.429 e. The molecule has 6 N–H and O–H groups in total. The van der Waals surface area contributed by atoms with Gasteiger partial charge in [-0.25, -0.2) is 9.36 Å². The molecule has 23 heavy (non-hydrogen) atoms. The highest BCUT2D eigenvalue weighted by Crippen LogP contribution is 2.42. The van der Waals surface area contributed by atoms with E-state index in [1.54, 1.807) is 6.07 Å². The van der Waals surface area contributed by atoms with E-state index in [4.69, 9.17) is 30.1 Å². The first-order valence-electron chi connectivity index (χ1n) is 6.46. The molecule has 0 radical (unpaired) electrons. The molecule has 10 nitrogen and oxygen atoms in total. The number of rotatable bonds is 5. The van der Waals surface area contributed by atoms with Gasteiger partial charge in [0, 0.05) is 5.69 Å². The molecule has 1 aliphatic heterocycles. The lowest BCUT2D eigenvalue weighted by Crippen LogP contribution is -2.37. The van der Waals surface area contributed by atoms with Crippen LogP contribution in [0.4, 0.5) is 5.69 Å². The molecule has 1 unspecified atom stereocenters. The maximum absolute atomic E-state index is 12.1. The number of nitrogens with two attached hydrogens (primary N) is 1. The third-order valence-corrected chi connectivity index (χ3v) is 3.66. The smallest absolute Gasteiger partial charge is 0.429 e. The van der Waals surface area contributed by atoms with Gasteiger partial charge in [-0.15, -0.1) is 0 Å². The first kappa shape index (κ1) is 17.8.